The predicted molar refractivity (Wildman–Crippen MR) is 66.1 cm³/mol. The van der Waals surface area contributed by atoms with Crippen LogP contribution in [0.1, 0.15) is 57.6 Å². The molecule has 4 heteroatoms. The molecule has 1 aliphatic rings. The van der Waals surface area contributed by atoms with E-state index in [0.717, 1.165) is 6.07 Å². The summed E-state index contributed by atoms with van der Waals surface area (Å²) in [5, 5.41) is 0. The van der Waals surface area contributed by atoms with Crippen LogP contribution in [0.3, 0.4) is 0 Å². The molecule has 1 aliphatic carbocycles. The molecule has 0 unspecified atom stereocenters. The Bertz CT molecular complexity index is 710. The fourth-order valence-corrected chi connectivity index (χ4v) is 2.20. The van der Waals surface area contributed by atoms with Gasteiger partial charge in [0.15, 0.2) is 11.5 Å². The predicted octanol–water partition coefficient (Wildman–Crippen LogP) is 3.32. The number of carbonyl (C=O) groups is 2. The van der Waals surface area contributed by atoms with Crippen molar-refractivity contribution in [2.45, 2.75) is 19.8 Å². The van der Waals surface area contributed by atoms with E-state index in [2.05, 4.69) is 0 Å². The first-order valence-corrected chi connectivity index (χ1v) is 6.01. The third-order valence-corrected chi connectivity index (χ3v) is 3.24. The summed E-state index contributed by atoms with van der Waals surface area (Å²) in [5.41, 5.74) is 0.574. The van der Waals surface area contributed by atoms with Gasteiger partial charge in [0.25, 0.3) is 0 Å². The van der Waals surface area contributed by atoms with Crippen molar-refractivity contribution < 1.29 is 18.4 Å². The molecule has 2 aromatic rings. The molecule has 0 aliphatic heterocycles. The molecule has 1 heterocycles. The number of rotatable bonds is 1. The lowest BCUT2D eigenvalue weighted by Crippen LogP contribution is -2.19. The largest absolute Gasteiger partial charge is 0.457 e. The lowest BCUT2D eigenvalue weighted by Gasteiger charge is -2.12. The number of carbonyl (C=O) groups excluding carboxylic acids is 2. The van der Waals surface area contributed by atoms with Gasteiger partial charge >= 0.3 is 0 Å². The van der Waals surface area contributed by atoms with Crippen molar-refractivity contribution >= 4 is 11.6 Å². The molecule has 19 heavy (non-hydrogen) atoms. The quantitative estimate of drug-likeness (QED) is 0.672. The van der Waals surface area contributed by atoms with Gasteiger partial charge in [0.2, 0.25) is 5.78 Å². The number of furan rings is 1. The lowest BCUT2D eigenvalue weighted by molar-refractivity contribution is 0.0958. The Morgan fingerprint density at radius 3 is 2.42 bits per heavy atom. The van der Waals surface area contributed by atoms with Gasteiger partial charge < -0.3 is 4.42 Å². The summed E-state index contributed by atoms with van der Waals surface area (Å²) in [6.07, 6.45) is 0. The molecule has 0 N–H and O–H groups in total. The van der Waals surface area contributed by atoms with E-state index in [1.165, 1.54) is 12.1 Å². The third kappa shape index (κ3) is 1.63. The first-order valence-electron chi connectivity index (χ1n) is 6.01. The van der Waals surface area contributed by atoms with Gasteiger partial charge in [-0.15, -0.1) is 0 Å². The van der Waals surface area contributed by atoms with Crippen LogP contribution in [0.4, 0.5) is 4.39 Å². The Balaban J connectivity index is 2.24. The number of benzene rings is 1. The van der Waals surface area contributed by atoms with E-state index in [0.29, 0.717) is 5.76 Å². The standard InChI is InChI=1S/C15H11FO3/c1-7(2)12-6-11-13(17)9-4-3-8(16)5-10(9)14(18)15(11)19-12/h3-7H,1-2H3. The van der Waals surface area contributed by atoms with Gasteiger partial charge in [-0.3, -0.25) is 9.59 Å². The topological polar surface area (TPSA) is 47.3 Å². The van der Waals surface area contributed by atoms with Crippen molar-refractivity contribution in [2.75, 3.05) is 0 Å². The first-order chi connectivity index (χ1) is 8.99. The molecule has 0 atom stereocenters. The Hall–Kier alpha value is -2.23. The Kier molecular flexibility index (Phi) is 2.42. The molecule has 0 spiro atoms. The van der Waals surface area contributed by atoms with Gasteiger partial charge in [-0.05, 0) is 24.3 Å². The number of hydrogen-bond acceptors (Lipinski definition) is 3. The summed E-state index contributed by atoms with van der Waals surface area (Å²) in [6.45, 7) is 3.82. The average molecular weight is 258 g/mol. The molecular formula is C15H11FO3. The molecule has 0 bridgehead atoms. The zero-order valence-corrected chi connectivity index (χ0v) is 10.5. The van der Waals surface area contributed by atoms with Gasteiger partial charge in [-0.1, -0.05) is 13.8 Å². The maximum Gasteiger partial charge on any atom is 0.229 e. The van der Waals surface area contributed by atoms with Crippen LogP contribution in [0.2, 0.25) is 0 Å². The second kappa shape index (κ2) is 3.88. The number of halogens is 1. The summed E-state index contributed by atoms with van der Waals surface area (Å²) < 4.78 is 18.7. The van der Waals surface area contributed by atoms with Crippen LogP contribution in [0.5, 0.6) is 0 Å². The molecule has 3 nitrogen and oxygen atoms in total. The summed E-state index contributed by atoms with van der Waals surface area (Å²) >= 11 is 0. The molecular weight excluding hydrogens is 247 g/mol. The highest BCUT2D eigenvalue weighted by Crippen LogP contribution is 2.32. The highest BCUT2D eigenvalue weighted by Gasteiger charge is 2.34. The minimum Gasteiger partial charge on any atom is -0.457 e. The molecule has 0 fully saturated rings. The second-order valence-electron chi connectivity index (χ2n) is 4.89. The van der Waals surface area contributed by atoms with Crippen molar-refractivity contribution in [1.82, 2.24) is 0 Å². The van der Waals surface area contributed by atoms with Crippen LogP contribution in [0.15, 0.2) is 28.7 Å². The van der Waals surface area contributed by atoms with Crippen molar-refractivity contribution in [3.63, 3.8) is 0 Å². The van der Waals surface area contributed by atoms with Crippen LogP contribution < -0.4 is 0 Å². The van der Waals surface area contributed by atoms with E-state index in [1.807, 2.05) is 13.8 Å². The number of ketones is 2. The Labute approximate surface area is 109 Å². The maximum absolute atomic E-state index is 13.2. The summed E-state index contributed by atoms with van der Waals surface area (Å²) in [4.78, 5) is 24.5. The molecule has 1 aromatic heterocycles. The van der Waals surface area contributed by atoms with Gasteiger partial charge in [-0.2, -0.15) is 0 Å². The molecule has 96 valence electrons. The van der Waals surface area contributed by atoms with Crippen LogP contribution in [-0.4, -0.2) is 11.6 Å². The Morgan fingerprint density at radius 1 is 1.00 bits per heavy atom. The summed E-state index contributed by atoms with van der Waals surface area (Å²) in [6, 6.07) is 5.21. The zero-order chi connectivity index (χ0) is 13.7. The van der Waals surface area contributed by atoms with E-state index in [9.17, 15) is 14.0 Å². The van der Waals surface area contributed by atoms with Crippen LogP contribution >= 0.6 is 0 Å². The monoisotopic (exact) mass is 258 g/mol. The summed E-state index contributed by atoms with van der Waals surface area (Å²) in [7, 11) is 0. The van der Waals surface area contributed by atoms with Crippen molar-refractivity contribution in [1.29, 1.82) is 0 Å². The van der Waals surface area contributed by atoms with Gasteiger partial charge in [0.05, 0.1) is 5.56 Å². The fraction of sp³-hybridized carbons (Fsp3) is 0.200. The minimum atomic E-state index is -0.543. The van der Waals surface area contributed by atoms with Crippen molar-refractivity contribution in [3.05, 3.63) is 58.3 Å². The van der Waals surface area contributed by atoms with Crippen LogP contribution in [-0.2, 0) is 0 Å². The van der Waals surface area contributed by atoms with E-state index in [4.69, 9.17) is 4.42 Å². The van der Waals surface area contributed by atoms with E-state index in [-0.39, 0.29) is 34.2 Å². The first kappa shape index (κ1) is 11.8. The maximum atomic E-state index is 13.2. The molecule has 3 rings (SSSR count). The fourth-order valence-electron chi connectivity index (χ4n) is 2.20. The summed E-state index contributed by atoms with van der Waals surface area (Å²) in [5.74, 6) is -0.590. The van der Waals surface area contributed by atoms with Gasteiger partial charge in [0.1, 0.15) is 11.6 Å². The third-order valence-electron chi connectivity index (χ3n) is 3.24. The molecule has 1 aromatic carbocycles. The van der Waals surface area contributed by atoms with Crippen LogP contribution in [0.25, 0.3) is 0 Å². The number of fused-ring (bicyclic) bond motifs is 2. The molecule has 0 saturated heterocycles. The highest BCUT2D eigenvalue weighted by molar-refractivity contribution is 6.27. The second-order valence-corrected chi connectivity index (χ2v) is 4.89. The SMILES string of the molecule is CC(C)c1cc2c(o1)C(=O)c1cc(F)ccc1C2=O. The smallest absolute Gasteiger partial charge is 0.229 e. The van der Waals surface area contributed by atoms with Crippen molar-refractivity contribution in [2.24, 2.45) is 0 Å². The van der Waals surface area contributed by atoms with Gasteiger partial charge in [-0.25, -0.2) is 4.39 Å². The average Bonchev–Trinajstić information content (AvgIpc) is 2.81. The normalized spacial score (nSPS) is 13.7. The van der Waals surface area contributed by atoms with E-state index < -0.39 is 11.6 Å². The number of hydrogen-bond donors (Lipinski definition) is 0. The molecule has 0 amide bonds. The van der Waals surface area contributed by atoms with E-state index in [1.54, 1.807) is 6.07 Å². The zero-order valence-electron chi connectivity index (χ0n) is 10.5. The highest BCUT2D eigenvalue weighted by atomic mass is 19.1. The van der Waals surface area contributed by atoms with E-state index >= 15 is 0 Å². The Morgan fingerprint density at radius 2 is 1.74 bits per heavy atom. The van der Waals surface area contributed by atoms with Gasteiger partial charge in [0, 0.05) is 17.0 Å². The van der Waals surface area contributed by atoms with Crippen molar-refractivity contribution in [3.8, 4) is 0 Å². The minimum absolute atomic E-state index is 0.0202. The van der Waals surface area contributed by atoms with Crippen LogP contribution in [0, 0.1) is 5.82 Å². The lowest BCUT2D eigenvalue weighted by atomic mass is 9.88. The molecule has 0 saturated carbocycles. The molecule has 0 radical (unpaired) electrons.